The maximum Gasteiger partial charge on any atom is 0.159 e. The number of methoxy groups -OCH3 is 1. The van der Waals surface area contributed by atoms with Crippen molar-refractivity contribution >= 4 is 17.3 Å². The van der Waals surface area contributed by atoms with Crippen LogP contribution < -0.4 is 10.1 Å². The Balaban J connectivity index is 2.16. The zero-order valence-electron chi connectivity index (χ0n) is 11.1. The topological polar surface area (TPSA) is 21.3 Å². The Morgan fingerprint density at radius 3 is 2.45 bits per heavy atom. The van der Waals surface area contributed by atoms with Crippen molar-refractivity contribution in [2.45, 2.75) is 13.0 Å². The molecule has 2 nitrogen and oxygen atoms in total. The summed E-state index contributed by atoms with van der Waals surface area (Å²) < 4.78 is 31.2. The van der Waals surface area contributed by atoms with Crippen LogP contribution in [0, 0.1) is 11.6 Å². The lowest BCUT2D eigenvalue weighted by molar-refractivity contribution is 0.415. The van der Waals surface area contributed by atoms with Crippen molar-refractivity contribution in [2.75, 3.05) is 12.4 Å². The van der Waals surface area contributed by atoms with Crippen LogP contribution in [0.4, 0.5) is 14.5 Å². The van der Waals surface area contributed by atoms with Crippen LogP contribution in [-0.4, -0.2) is 7.11 Å². The van der Waals surface area contributed by atoms with Crippen LogP contribution in [0.3, 0.4) is 0 Å². The van der Waals surface area contributed by atoms with Gasteiger partial charge < -0.3 is 10.1 Å². The van der Waals surface area contributed by atoms with Crippen molar-refractivity contribution in [1.29, 1.82) is 0 Å². The summed E-state index contributed by atoms with van der Waals surface area (Å²) >= 11 is 6.03. The lowest BCUT2D eigenvalue weighted by Gasteiger charge is -2.16. The average molecular weight is 298 g/mol. The molecule has 0 spiro atoms. The molecule has 0 fully saturated rings. The first kappa shape index (κ1) is 14.6. The van der Waals surface area contributed by atoms with Gasteiger partial charge in [0.2, 0.25) is 0 Å². The second kappa shape index (κ2) is 6.09. The molecule has 0 saturated heterocycles. The first-order valence-electron chi connectivity index (χ1n) is 6.06. The fraction of sp³-hybridized carbons (Fsp3) is 0.200. The highest BCUT2D eigenvalue weighted by molar-refractivity contribution is 6.32. The number of hydrogen-bond acceptors (Lipinski definition) is 2. The third-order valence-electron chi connectivity index (χ3n) is 2.98. The van der Waals surface area contributed by atoms with Crippen LogP contribution >= 0.6 is 11.6 Å². The van der Waals surface area contributed by atoms with Gasteiger partial charge in [-0.05, 0) is 42.8 Å². The summed E-state index contributed by atoms with van der Waals surface area (Å²) in [6.45, 7) is 1.85. The van der Waals surface area contributed by atoms with E-state index in [1.54, 1.807) is 24.3 Å². The van der Waals surface area contributed by atoms with Gasteiger partial charge in [0.1, 0.15) is 5.75 Å². The summed E-state index contributed by atoms with van der Waals surface area (Å²) in [6.07, 6.45) is 0. The molecule has 1 N–H and O–H groups in total. The van der Waals surface area contributed by atoms with E-state index in [4.69, 9.17) is 16.3 Å². The molecule has 0 saturated carbocycles. The molecule has 0 aliphatic heterocycles. The van der Waals surface area contributed by atoms with E-state index in [0.29, 0.717) is 16.3 Å². The Morgan fingerprint density at radius 2 is 1.85 bits per heavy atom. The molecule has 0 aliphatic carbocycles. The first-order valence-corrected chi connectivity index (χ1v) is 6.44. The van der Waals surface area contributed by atoms with E-state index in [-0.39, 0.29) is 6.04 Å². The SMILES string of the molecule is COc1ccc(NC(C)c2ccc(F)c(F)c2)cc1Cl. The highest BCUT2D eigenvalue weighted by Gasteiger charge is 2.10. The molecular formula is C15H14ClF2NO. The summed E-state index contributed by atoms with van der Waals surface area (Å²) in [6, 6.07) is 8.92. The van der Waals surface area contributed by atoms with Crippen molar-refractivity contribution < 1.29 is 13.5 Å². The van der Waals surface area contributed by atoms with Gasteiger partial charge in [0, 0.05) is 11.7 Å². The van der Waals surface area contributed by atoms with Crippen LogP contribution in [0.5, 0.6) is 5.75 Å². The number of halogens is 3. The maximum atomic E-state index is 13.2. The van der Waals surface area contributed by atoms with Gasteiger partial charge in [-0.3, -0.25) is 0 Å². The number of rotatable bonds is 4. The Morgan fingerprint density at radius 1 is 1.10 bits per heavy atom. The predicted octanol–water partition coefficient (Wildman–Crippen LogP) is 4.80. The van der Waals surface area contributed by atoms with Gasteiger partial charge in [0.15, 0.2) is 11.6 Å². The first-order chi connectivity index (χ1) is 9.51. The molecule has 0 aliphatic rings. The summed E-state index contributed by atoms with van der Waals surface area (Å²) in [5, 5.41) is 3.65. The number of ether oxygens (including phenoxy) is 1. The number of benzene rings is 2. The fourth-order valence-electron chi connectivity index (χ4n) is 1.87. The Bertz CT molecular complexity index is 619. The third-order valence-corrected chi connectivity index (χ3v) is 3.27. The molecule has 5 heteroatoms. The maximum absolute atomic E-state index is 13.2. The Labute approximate surface area is 121 Å². The zero-order chi connectivity index (χ0) is 14.7. The van der Waals surface area contributed by atoms with Crippen LogP contribution in [0.15, 0.2) is 36.4 Å². The Kier molecular flexibility index (Phi) is 4.45. The minimum absolute atomic E-state index is 0.186. The molecule has 2 aromatic carbocycles. The molecule has 1 unspecified atom stereocenters. The van der Waals surface area contributed by atoms with Crippen LogP contribution in [0.25, 0.3) is 0 Å². The molecule has 2 aromatic rings. The Hall–Kier alpha value is -1.81. The molecule has 0 aromatic heterocycles. The van der Waals surface area contributed by atoms with E-state index in [2.05, 4.69) is 5.32 Å². The van der Waals surface area contributed by atoms with E-state index in [1.165, 1.54) is 13.2 Å². The summed E-state index contributed by atoms with van der Waals surface area (Å²) in [5.74, 6) is -1.13. The van der Waals surface area contributed by atoms with E-state index in [1.807, 2.05) is 6.92 Å². The summed E-state index contributed by atoms with van der Waals surface area (Å²) in [5.41, 5.74) is 1.42. The van der Waals surface area contributed by atoms with E-state index in [9.17, 15) is 8.78 Å². The molecule has 0 heterocycles. The van der Waals surface area contributed by atoms with Crippen molar-refractivity contribution in [1.82, 2.24) is 0 Å². The quantitative estimate of drug-likeness (QED) is 0.875. The summed E-state index contributed by atoms with van der Waals surface area (Å²) in [7, 11) is 1.54. The number of anilines is 1. The highest BCUT2D eigenvalue weighted by Crippen LogP contribution is 2.29. The number of hydrogen-bond donors (Lipinski definition) is 1. The van der Waals surface area contributed by atoms with Crippen molar-refractivity contribution in [3.63, 3.8) is 0 Å². The fourth-order valence-corrected chi connectivity index (χ4v) is 2.13. The number of nitrogens with one attached hydrogen (secondary N) is 1. The lowest BCUT2D eigenvalue weighted by atomic mass is 10.1. The zero-order valence-corrected chi connectivity index (χ0v) is 11.8. The van der Waals surface area contributed by atoms with E-state index >= 15 is 0 Å². The normalized spacial score (nSPS) is 12.1. The monoisotopic (exact) mass is 297 g/mol. The second-order valence-electron chi connectivity index (χ2n) is 4.39. The van der Waals surface area contributed by atoms with Gasteiger partial charge in [-0.1, -0.05) is 17.7 Å². The van der Waals surface area contributed by atoms with Gasteiger partial charge in [0.25, 0.3) is 0 Å². The molecular weight excluding hydrogens is 284 g/mol. The van der Waals surface area contributed by atoms with Crippen LogP contribution in [0.1, 0.15) is 18.5 Å². The van der Waals surface area contributed by atoms with Gasteiger partial charge in [-0.15, -0.1) is 0 Å². The molecule has 20 heavy (non-hydrogen) atoms. The largest absolute Gasteiger partial charge is 0.495 e. The van der Waals surface area contributed by atoms with Crippen molar-refractivity contribution in [2.24, 2.45) is 0 Å². The average Bonchev–Trinajstić information content (AvgIpc) is 2.42. The van der Waals surface area contributed by atoms with Crippen LogP contribution in [0.2, 0.25) is 5.02 Å². The van der Waals surface area contributed by atoms with Crippen LogP contribution in [-0.2, 0) is 0 Å². The molecule has 0 amide bonds. The highest BCUT2D eigenvalue weighted by atomic mass is 35.5. The lowest BCUT2D eigenvalue weighted by Crippen LogP contribution is -2.07. The standard InChI is InChI=1S/C15H14ClF2NO/c1-9(10-3-5-13(17)14(18)7-10)19-11-4-6-15(20-2)12(16)8-11/h3-9,19H,1-2H3. The molecule has 0 radical (unpaired) electrons. The third kappa shape index (κ3) is 3.20. The second-order valence-corrected chi connectivity index (χ2v) is 4.80. The molecule has 2 rings (SSSR count). The van der Waals surface area contributed by atoms with Gasteiger partial charge in [-0.2, -0.15) is 0 Å². The van der Waals surface area contributed by atoms with Gasteiger partial charge in [-0.25, -0.2) is 8.78 Å². The molecule has 0 bridgehead atoms. The van der Waals surface area contributed by atoms with E-state index in [0.717, 1.165) is 11.8 Å². The summed E-state index contributed by atoms with van der Waals surface area (Å²) in [4.78, 5) is 0. The minimum Gasteiger partial charge on any atom is -0.495 e. The van der Waals surface area contributed by atoms with Gasteiger partial charge in [0.05, 0.1) is 12.1 Å². The minimum atomic E-state index is -0.857. The smallest absolute Gasteiger partial charge is 0.159 e. The molecule has 1 atom stereocenters. The van der Waals surface area contributed by atoms with Crippen molar-refractivity contribution in [3.05, 3.63) is 58.6 Å². The van der Waals surface area contributed by atoms with Gasteiger partial charge >= 0.3 is 0 Å². The predicted molar refractivity (Wildman–Crippen MR) is 76.4 cm³/mol. The molecule has 106 valence electrons. The van der Waals surface area contributed by atoms with Crippen molar-refractivity contribution in [3.8, 4) is 5.75 Å². The van der Waals surface area contributed by atoms with E-state index < -0.39 is 11.6 Å².